The molecule has 0 saturated carbocycles. The Bertz CT molecular complexity index is 1090. The summed E-state index contributed by atoms with van der Waals surface area (Å²) in [6.07, 6.45) is 6.38. The van der Waals surface area contributed by atoms with Crippen LogP contribution >= 0.6 is 11.9 Å². The van der Waals surface area contributed by atoms with E-state index >= 15 is 0 Å². The third kappa shape index (κ3) is 4.68. The summed E-state index contributed by atoms with van der Waals surface area (Å²) in [4.78, 5) is 14.6. The van der Waals surface area contributed by atoms with Crippen LogP contribution < -0.4 is 0 Å². The van der Waals surface area contributed by atoms with E-state index in [1.807, 2.05) is 10.4 Å². The molecule has 0 aliphatic carbocycles. The van der Waals surface area contributed by atoms with Gasteiger partial charge in [-0.05, 0) is 72.4 Å². The Balaban J connectivity index is 1.77. The molecule has 164 valence electrons. The SMILES string of the molecule is Cc1ccc(C(C)C)c(SN2C(=O)C=CCC2(CCc2ccccc2)c2ccccc2)c1. The number of hydrogen-bond acceptors (Lipinski definition) is 2. The fraction of sp³-hybridized carbons (Fsp3) is 0.276. The molecule has 0 fully saturated rings. The zero-order valence-electron chi connectivity index (χ0n) is 19.1. The molecule has 1 aliphatic heterocycles. The van der Waals surface area contributed by atoms with Crippen molar-refractivity contribution in [2.24, 2.45) is 0 Å². The Labute approximate surface area is 196 Å². The predicted octanol–water partition coefficient (Wildman–Crippen LogP) is 7.44. The van der Waals surface area contributed by atoms with Gasteiger partial charge >= 0.3 is 0 Å². The minimum atomic E-state index is -0.397. The predicted molar refractivity (Wildman–Crippen MR) is 135 cm³/mol. The summed E-state index contributed by atoms with van der Waals surface area (Å²) in [7, 11) is 0. The molecule has 0 aromatic heterocycles. The highest BCUT2D eigenvalue weighted by Gasteiger charge is 2.43. The summed E-state index contributed by atoms with van der Waals surface area (Å²) in [6, 6.07) is 27.7. The first-order chi connectivity index (χ1) is 15.5. The first kappa shape index (κ1) is 22.4. The summed E-state index contributed by atoms with van der Waals surface area (Å²) in [5.74, 6) is 0.457. The smallest absolute Gasteiger partial charge is 0.257 e. The maximum atomic E-state index is 13.4. The molecule has 32 heavy (non-hydrogen) atoms. The van der Waals surface area contributed by atoms with Crippen molar-refractivity contribution >= 4 is 17.9 Å². The van der Waals surface area contributed by atoms with Gasteiger partial charge < -0.3 is 0 Å². The quantitative estimate of drug-likeness (QED) is 0.355. The minimum Gasteiger partial charge on any atom is -0.269 e. The van der Waals surface area contributed by atoms with Crippen molar-refractivity contribution in [1.82, 2.24) is 4.31 Å². The van der Waals surface area contributed by atoms with E-state index in [2.05, 4.69) is 99.6 Å². The lowest BCUT2D eigenvalue weighted by Gasteiger charge is -2.45. The molecular weight excluding hydrogens is 410 g/mol. The van der Waals surface area contributed by atoms with E-state index in [0.29, 0.717) is 5.92 Å². The molecule has 3 heteroatoms. The van der Waals surface area contributed by atoms with Crippen molar-refractivity contribution in [2.75, 3.05) is 0 Å². The zero-order chi connectivity index (χ0) is 22.6. The van der Waals surface area contributed by atoms with Gasteiger partial charge in [0.1, 0.15) is 0 Å². The average molecular weight is 442 g/mol. The number of hydrogen-bond donors (Lipinski definition) is 0. The van der Waals surface area contributed by atoms with E-state index in [1.54, 1.807) is 18.0 Å². The van der Waals surface area contributed by atoms with E-state index in [4.69, 9.17) is 0 Å². The second-order valence-electron chi connectivity index (χ2n) is 8.91. The third-order valence-corrected chi connectivity index (χ3v) is 7.53. The third-order valence-electron chi connectivity index (χ3n) is 6.27. The van der Waals surface area contributed by atoms with Gasteiger partial charge in [0.15, 0.2) is 0 Å². The van der Waals surface area contributed by atoms with Crippen molar-refractivity contribution in [3.05, 3.63) is 113 Å². The van der Waals surface area contributed by atoms with Crippen LogP contribution in [0.15, 0.2) is 95.9 Å². The molecule has 1 amide bonds. The lowest BCUT2D eigenvalue weighted by molar-refractivity contribution is -0.126. The molecule has 1 unspecified atom stereocenters. The van der Waals surface area contributed by atoms with Gasteiger partial charge in [0, 0.05) is 11.0 Å². The highest BCUT2D eigenvalue weighted by Crippen LogP contribution is 2.46. The molecule has 3 aromatic carbocycles. The normalized spacial score (nSPS) is 18.4. The van der Waals surface area contributed by atoms with Crippen LogP contribution in [0.1, 0.15) is 54.9 Å². The first-order valence-corrected chi connectivity index (χ1v) is 12.2. The van der Waals surface area contributed by atoms with Gasteiger partial charge in [0.05, 0.1) is 5.54 Å². The van der Waals surface area contributed by atoms with Gasteiger partial charge in [-0.2, -0.15) is 0 Å². The lowest BCUT2D eigenvalue weighted by Crippen LogP contribution is -2.47. The van der Waals surface area contributed by atoms with Crippen LogP contribution in [-0.2, 0) is 16.8 Å². The summed E-state index contributed by atoms with van der Waals surface area (Å²) < 4.78 is 2.05. The summed E-state index contributed by atoms with van der Waals surface area (Å²) >= 11 is 1.61. The van der Waals surface area contributed by atoms with Crippen LogP contribution in [0.25, 0.3) is 0 Å². The molecule has 2 nitrogen and oxygen atoms in total. The Hall–Kier alpha value is -2.78. The summed E-state index contributed by atoms with van der Waals surface area (Å²) in [5.41, 5.74) is 4.60. The van der Waals surface area contributed by atoms with Crippen molar-refractivity contribution in [2.45, 2.75) is 56.4 Å². The van der Waals surface area contributed by atoms with E-state index in [1.165, 1.54) is 27.1 Å². The Morgan fingerprint density at radius 1 is 0.969 bits per heavy atom. The largest absolute Gasteiger partial charge is 0.269 e. The minimum absolute atomic E-state index is 0.0642. The molecule has 0 saturated heterocycles. The average Bonchev–Trinajstić information content (AvgIpc) is 2.81. The van der Waals surface area contributed by atoms with Crippen molar-refractivity contribution < 1.29 is 4.79 Å². The number of amides is 1. The molecule has 1 aliphatic rings. The lowest BCUT2D eigenvalue weighted by atomic mass is 9.80. The number of nitrogens with zero attached hydrogens (tertiary/aromatic N) is 1. The topological polar surface area (TPSA) is 20.3 Å². The van der Waals surface area contributed by atoms with Gasteiger partial charge in [-0.3, -0.25) is 9.10 Å². The maximum absolute atomic E-state index is 13.4. The maximum Gasteiger partial charge on any atom is 0.257 e. The monoisotopic (exact) mass is 441 g/mol. The number of carbonyl (C=O) groups excluding carboxylic acids is 1. The van der Waals surface area contributed by atoms with Gasteiger partial charge in [-0.15, -0.1) is 0 Å². The molecule has 1 atom stereocenters. The standard InChI is InChI=1S/C29H31NOS/c1-22(2)26-17-16-23(3)21-27(26)32-30-28(31)15-10-19-29(30,25-13-8-5-9-14-25)20-18-24-11-6-4-7-12-24/h4-17,21-22H,18-20H2,1-3H3. The van der Waals surface area contributed by atoms with Crippen molar-refractivity contribution in [3.63, 3.8) is 0 Å². The fourth-order valence-corrected chi connectivity index (χ4v) is 5.91. The molecule has 0 radical (unpaired) electrons. The van der Waals surface area contributed by atoms with E-state index in [0.717, 1.165) is 19.3 Å². The summed E-state index contributed by atoms with van der Waals surface area (Å²) in [6.45, 7) is 6.55. The second kappa shape index (κ2) is 9.79. The molecule has 4 rings (SSSR count). The number of benzene rings is 3. The van der Waals surface area contributed by atoms with E-state index in [-0.39, 0.29) is 5.91 Å². The molecule has 0 spiro atoms. The fourth-order valence-electron chi connectivity index (χ4n) is 4.47. The molecule has 0 bridgehead atoms. The van der Waals surface area contributed by atoms with Crippen LogP contribution in [0.4, 0.5) is 0 Å². The van der Waals surface area contributed by atoms with Gasteiger partial charge in [-0.25, -0.2) is 0 Å². The Morgan fingerprint density at radius 2 is 1.66 bits per heavy atom. The molecular formula is C29H31NOS. The van der Waals surface area contributed by atoms with E-state index < -0.39 is 5.54 Å². The van der Waals surface area contributed by atoms with Crippen LogP contribution in [0.3, 0.4) is 0 Å². The second-order valence-corrected chi connectivity index (χ2v) is 9.90. The van der Waals surface area contributed by atoms with Crippen molar-refractivity contribution in [1.29, 1.82) is 0 Å². The first-order valence-electron chi connectivity index (χ1n) is 11.4. The molecule has 1 heterocycles. The Kier molecular flexibility index (Phi) is 6.86. The summed E-state index contributed by atoms with van der Waals surface area (Å²) in [5, 5.41) is 0. The highest BCUT2D eigenvalue weighted by molar-refractivity contribution is 7.97. The van der Waals surface area contributed by atoms with Crippen LogP contribution in [0.2, 0.25) is 0 Å². The zero-order valence-corrected chi connectivity index (χ0v) is 19.9. The molecule has 3 aromatic rings. The molecule has 0 N–H and O–H groups in total. The van der Waals surface area contributed by atoms with Gasteiger partial charge in [-0.1, -0.05) is 92.7 Å². The highest BCUT2D eigenvalue weighted by atomic mass is 32.2. The van der Waals surface area contributed by atoms with Crippen LogP contribution in [-0.4, -0.2) is 10.2 Å². The van der Waals surface area contributed by atoms with Crippen LogP contribution in [0, 0.1) is 6.92 Å². The Morgan fingerprint density at radius 3 is 2.34 bits per heavy atom. The van der Waals surface area contributed by atoms with E-state index in [9.17, 15) is 4.79 Å². The van der Waals surface area contributed by atoms with Crippen LogP contribution in [0.5, 0.6) is 0 Å². The van der Waals surface area contributed by atoms with Gasteiger partial charge in [0.25, 0.3) is 5.91 Å². The number of rotatable bonds is 7. The number of carbonyl (C=O) groups is 1. The number of aryl methyl sites for hydroxylation is 2. The van der Waals surface area contributed by atoms with Gasteiger partial charge in [0.2, 0.25) is 0 Å². The van der Waals surface area contributed by atoms with Crippen molar-refractivity contribution in [3.8, 4) is 0 Å².